The van der Waals surface area contributed by atoms with Crippen LogP contribution in [0, 0.1) is 11.6 Å². The number of benzene rings is 1. The number of rotatable bonds is 2. The van der Waals surface area contributed by atoms with Crippen molar-refractivity contribution in [2.45, 2.75) is 12.5 Å². The SMILES string of the molecule is CC(N)(CO)c1ccc(F)c(F)c1. The second kappa shape index (κ2) is 3.40. The quantitative estimate of drug-likeness (QED) is 0.729. The highest BCUT2D eigenvalue weighted by Crippen LogP contribution is 2.19. The van der Waals surface area contributed by atoms with Gasteiger partial charge in [-0.3, -0.25) is 0 Å². The molecule has 3 N–H and O–H groups in total. The first-order chi connectivity index (χ1) is 5.97. The molecule has 0 saturated heterocycles. The smallest absolute Gasteiger partial charge is 0.159 e. The van der Waals surface area contributed by atoms with Crippen LogP contribution in [0.15, 0.2) is 18.2 Å². The predicted molar refractivity (Wildman–Crippen MR) is 45.0 cm³/mol. The molecule has 0 aliphatic rings. The fraction of sp³-hybridized carbons (Fsp3) is 0.333. The summed E-state index contributed by atoms with van der Waals surface area (Å²) in [5.41, 5.74) is 4.95. The molecule has 0 bridgehead atoms. The van der Waals surface area contributed by atoms with Gasteiger partial charge in [0.05, 0.1) is 12.1 Å². The highest BCUT2D eigenvalue weighted by atomic mass is 19.2. The first kappa shape index (κ1) is 10.1. The van der Waals surface area contributed by atoms with Crippen LogP contribution in [0.3, 0.4) is 0 Å². The first-order valence-electron chi connectivity index (χ1n) is 3.82. The average molecular weight is 187 g/mol. The fourth-order valence-electron chi connectivity index (χ4n) is 0.943. The van der Waals surface area contributed by atoms with Gasteiger partial charge in [0, 0.05) is 0 Å². The van der Waals surface area contributed by atoms with Crippen molar-refractivity contribution in [1.82, 2.24) is 0 Å². The van der Waals surface area contributed by atoms with Crippen LogP contribution in [-0.2, 0) is 5.54 Å². The maximum absolute atomic E-state index is 12.7. The summed E-state index contributed by atoms with van der Waals surface area (Å²) in [5, 5.41) is 8.87. The zero-order chi connectivity index (χ0) is 10.1. The third-order valence-corrected chi connectivity index (χ3v) is 1.91. The van der Waals surface area contributed by atoms with Crippen molar-refractivity contribution in [2.75, 3.05) is 6.61 Å². The van der Waals surface area contributed by atoms with Crippen LogP contribution in [0.2, 0.25) is 0 Å². The van der Waals surface area contributed by atoms with Gasteiger partial charge in [-0.15, -0.1) is 0 Å². The lowest BCUT2D eigenvalue weighted by molar-refractivity contribution is 0.209. The fourth-order valence-corrected chi connectivity index (χ4v) is 0.943. The molecule has 13 heavy (non-hydrogen) atoms. The standard InChI is InChI=1S/C9H11F2NO/c1-9(12,5-13)6-2-3-7(10)8(11)4-6/h2-4,13H,5,12H2,1H3. The molecule has 0 aliphatic heterocycles. The Morgan fingerprint density at radius 3 is 2.46 bits per heavy atom. The van der Waals surface area contributed by atoms with Crippen molar-refractivity contribution in [1.29, 1.82) is 0 Å². The van der Waals surface area contributed by atoms with E-state index in [1.807, 2.05) is 0 Å². The van der Waals surface area contributed by atoms with E-state index in [1.54, 1.807) is 6.92 Å². The van der Waals surface area contributed by atoms with Gasteiger partial charge in [-0.25, -0.2) is 8.78 Å². The monoisotopic (exact) mass is 187 g/mol. The summed E-state index contributed by atoms with van der Waals surface area (Å²) in [6, 6.07) is 3.34. The summed E-state index contributed by atoms with van der Waals surface area (Å²) in [6.07, 6.45) is 0. The van der Waals surface area contributed by atoms with Crippen LogP contribution in [0.5, 0.6) is 0 Å². The zero-order valence-electron chi connectivity index (χ0n) is 7.22. The molecule has 4 heteroatoms. The lowest BCUT2D eigenvalue weighted by atomic mass is 9.94. The molecule has 0 aromatic heterocycles. The van der Waals surface area contributed by atoms with Crippen molar-refractivity contribution in [2.24, 2.45) is 5.73 Å². The molecule has 1 rings (SSSR count). The Morgan fingerprint density at radius 2 is 2.00 bits per heavy atom. The maximum Gasteiger partial charge on any atom is 0.159 e. The normalized spacial score (nSPS) is 15.5. The number of aliphatic hydroxyl groups excluding tert-OH is 1. The first-order valence-corrected chi connectivity index (χ1v) is 3.82. The number of hydrogen-bond acceptors (Lipinski definition) is 2. The minimum atomic E-state index is -1.03. The van der Waals surface area contributed by atoms with Gasteiger partial charge in [-0.05, 0) is 24.6 Å². The molecule has 0 heterocycles. The van der Waals surface area contributed by atoms with E-state index in [0.717, 1.165) is 12.1 Å². The third kappa shape index (κ3) is 2.02. The Morgan fingerprint density at radius 1 is 1.38 bits per heavy atom. The highest BCUT2D eigenvalue weighted by molar-refractivity contribution is 5.24. The second-order valence-electron chi connectivity index (χ2n) is 3.20. The molecule has 0 saturated carbocycles. The van der Waals surface area contributed by atoms with Crippen LogP contribution in [0.25, 0.3) is 0 Å². The third-order valence-electron chi connectivity index (χ3n) is 1.91. The van der Waals surface area contributed by atoms with Gasteiger partial charge in [-0.1, -0.05) is 6.07 Å². The summed E-state index contributed by atoms with van der Waals surface area (Å²) in [6.45, 7) is 1.22. The van der Waals surface area contributed by atoms with E-state index in [0.29, 0.717) is 5.56 Å². The van der Waals surface area contributed by atoms with Gasteiger partial charge in [0.2, 0.25) is 0 Å². The number of halogens is 2. The van der Waals surface area contributed by atoms with Crippen LogP contribution >= 0.6 is 0 Å². The van der Waals surface area contributed by atoms with E-state index in [-0.39, 0.29) is 6.61 Å². The summed E-state index contributed by atoms with van der Waals surface area (Å²) < 4.78 is 25.2. The van der Waals surface area contributed by atoms with E-state index < -0.39 is 17.2 Å². The van der Waals surface area contributed by atoms with Crippen LogP contribution < -0.4 is 5.73 Å². The average Bonchev–Trinajstić information content (AvgIpc) is 2.09. The Balaban J connectivity index is 3.10. The van der Waals surface area contributed by atoms with Gasteiger partial charge in [0.15, 0.2) is 11.6 Å². The molecule has 0 aliphatic carbocycles. The maximum atomic E-state index is 12.7. The summed E-state index contributed by atoms with van der Waals surface area (Å²) >= 11 is 0. The van der Waals surface area contributed by atoms with Gasteiger partial charge in [-0.2, -0.15) is 0 Å². The lowest BCUT2D eigenvalue weighted by Gasteiger charge is -2.22. The molecule has 1 unspecified atom stereocenters. The predicted octanol–water partition coefficient (Wildman–Crippen LogP) is 1.13. The molecular weight excluding hydrogens is 176 g/mol. The summed E-state index contributed by atoms with van der Waals surface area (Å²) in [4.78, 5) is 0. The molecule has 0 fully saturated rings. The summed E-state index contributed by atoms with van der Waals surface area (Å²) in [7, 11) is 0. The number of aliphatic hydroxyl groups is 1. The largest absolute Gasteiger partial charge is 0.394 e. The molecular formula is C9H11F2NO. The molecule has 1 aromatic carbocycles. The molecule has 2 nitrogen and oxygen atoms in total. The molecule has 0 amide bonds. The van der Waals surface area contributed by atoms with E-state index in [1.165, 1.54) is 6.07 Å². The molecule has 1 atom stereocenters. The van der Waals surface area contributed by atoms with E-state index in [2.05, 4.69) is 0 Å². The Labute approximate surface area is 75.0 Å². The highest BCUT2D eigenvalue weighted by Gasteiger charge is 2.21. The van der Waals surface area contributed by atoms with Gasteiger partial charge < -0.3 is 10.8 Å². The topological polar surface area (TPSA) is 46.2 Å². The van der Waals surface area contributed by atoms with Crippen LogP contribution in [0.4, 0.5) is 8.78 Å². The Kier molecular flexibility index (Phi) is 2.63. The number of nitrogens with two attached hydrogens (primary N) is 1. The minimum Gasteiger partial charge on any atom is -0.394 e. The molecule has 72 valence electrons. The second-order valence-corrected chi connectivity index (χ2v) is 3.20. The van der Waals surface area contributed by atoms with E-state index in [4.69, 9.17) is 10.8 Å². The van der Waals surface area contributed by atoms with Crippen LogP contribution in [0.1, 0.15) is 12.5 Å². The van der Waals surface area contributed by atoms with Crippen molar-refractivity contribution < 1.29 is 13.9 Å². The van der Waals surface area contributed by atoms with Crippen molar-refractivity contribution in [3.8, 4) is 0 Å². The minimum absolute atomic E-state index is 0.321. The van der Waals surface area contributed by atoms with Gasteiger partial charge in [0.1, 0.15) is 0 Å². The van der Waals surface area contributed by atoms with Crippen molar-refractivity contribution in [3.05, 3.63) is 35.4 Å². The van der Waals surface area contributed by atoms with Crippen LogP contribution in [-0.4, -0.2) is 11.7 Å². The van der Waals surface area contributed by atoms with Gasteiger partial charge in [0.25, 0.3) is 0 Å². The van der Waals surface area contributed by atoms with E-state index in [9.17, 15) is 8.78 Å². The Hall–Kier alpha value is -1.00. The van der Waals surface area contributed by atoms with Gasteiger partial charge >= 0.3 is 0 Å². The van der Waals surface area contributed by atoms with Crippen molar-refractivity contribution in [3.63, 3.8) is 0 Å². The number of hydrogen-bond donors (Lipinski definition) is 2. The zero-order valence-corrected chi connectivity index (χ0v) is 7.22. The Bertz CT molecular complexity index is 312. The molecule has 1 aromatic rings. The van der Waals surface area contributed by atoms with Crippen molar-refractivity contribution >= 4 is 0 Å². The lowest BCUT2D eigenvalue weighted by Crippen LogP contribution is -2.37. The van der Waals surface area contributed by atoms with E-state index >= 15 is 0 Å². The molecule has 0 radical (unpaired) electrons. The summed E-state index contributed by atoms with van der Waals surface area (Å²) in [5.74, 6) is -1.87. The molecule has 0 spiro atoms.